The van der Waals surface area contributed by atoms with E-state index in [0.29, 0.717) is 11.4 Å². The first-order valence-corrected chi connectivity index (χ1v) is 7.11. The van der Waals surface area contributed by atoms with E-state index in [1.54, 1.807) is 6.92 Å². The number of rotatable bonds is 3. The zero-order valence-corrected chi connectivity index (χ0v) is 12.7. The first-order valence-electron chi connectivity index (χ1n) is 7.11. The van der Waals surface area contributed by atoms with Gasteiger partial charge in [0, 0.05) is 0 Å². The van der Waals surface area contributed by atoms with E-state index >= 15 is 0 Å². The second-order valence-corrected chi connectivity index (χ2v) is 5.68. The standard InChI is InChI=1S/C12H10F4N8O/c1-6-7(21-25-20-6)2-24-10-8(19-22-24)9(17-5-18-10)23-3-11(13,14)12(15,16)4-23/h5H,2-4H2,1H3. The van der Waals surface area contributed by atoms with Crippen molar-refractivity contribution in [2.24, 2.45) is 0 Å². The van der Waals surface area contributed by atoms with Crippen molar-refractivity contribution in [2.75, 3.05) is 18.0 Å². The molecule has 0 aromatic carbocycles. The number of hydrogen-bond acceptors (Lipinski definition) is 8. The summed E-state index contributed by atoms with van der Waals surface area (Å²) in [7, 11) is 0. The Morgan fingerprint density at radius 2 is 1.84 bits per heavy atom. The molecule has 13 heteroatoms. The van der Waals surface area contributed by atoms with Gasteiger partial charge < -0.3 is 4.90 Å². The van der Waals surface area contributed by atoms with Crippen molar-refractivity contribution in [1.82, 2.24) is 35.3 Å². The Hall–Kier alpha value is -2.86. The van der Waals surface area contributed by atoms with Gasteiger partial charge >= 0.3 is 11.8 Å². The van der Waals surface area contributed by atoms with Crippen LogP contribution in [-0.2, 0) is 6.54 Å². The van der Waals surface area contributed by atoms with Crippen molar-refractivity contribution < 1.29 is 22.2 Å². The van der Waals surface area contributed by atoms with Crippen LogP contribution in [0.25, 0.3) is 11.2 Å². The maximum absolute atomic E-state index is 13.5. The molecule has 3 aromatic heterocycles. The van der Waals surface area contributed by atoms with Gasteiger partial charge in [-0.1, -0.05) is 15.5 Å². The molecule has 4 heterocycles. The van der Waals surface area contributed by atoms with Gasteiger partial charge in [0.05, 0.1) is 19.6 Å². The van der Waals surface area contributed by atoms with Crippen molar-refractivity contribution in [1.29, 1.82) is 0 Å². The van der Waals surface area contributed by atoms with Crippen LogP contribution in [0.4, 0.5) is 23.4 Å². The van der Waals surface area contributed by atoms with Gasteiger partial charge in [0.15, 0.2) is 17.0 Å². The summed E-state index contributed by atoms with van der Waals surface area (Å²) < 4.78 is 59.8. The van der Waals surface area contributed by atoms with Crippen molar-refractivity contribution >= 4 is 17.0 Å². The molecule has 9 nitrogen and oxygen atoms in total. The molecular weight excluding hydrogens is 348 g/mol. The molecular formula is C12H10F4N8O. The third-order valence-corrected chi connectivity index (χ3v) is 3.94. The van der Waals surface area contributed by atoms with E-state index in [-0.39, 0.29) is 23.5 Å². The number of nitrogens with zero attached hydrogens (tertiary/aromatic N) is 8. The van der Waals surface area contributed by atoms with E-state index in [1.165, 1.54) is 4.68 Å². The maximum atomic E-state index is 13.5. The molecule has 0 radical (unpaired) electrons. The number of aryl methyl sites for hydroxylation is 1. The van der Waals surface area contributed by atoms with Crippen molar-refractivity contribution in [3.05, 3.63) is 17.7 Å². The quantitative estimate of drug-likeness (QED) is 0.641. The van der Waals surface area contributed by atoms with Crippen LogP contribution in [0, 0.1) is 6.92 Å². The zero-order chi connectivity index (χ0) is 17.8. The van der Waals surface area contributed by atoms with Crippen molar-refractivity contribution in [3.8, 4) is 0 Å². The maximum Gasteiger partial charge on any atom is 0.329 e. The molecule has 1 aliphatic heterocycles. The third-order valence-electron chi connectivity index (χ3n) is 3.94. The number of aromatic nitrogens is 7. The van der Waals surface area contributed by atoms with E-state index in [9.17, 15) is 17.6 Å². The Labute approximate surface area is 136 Å². The predicted octanol–water partition coefficient (Wildman–Crippen LogP) is 1.05. The van der Waals surface area contributed by atoms with Crippen molar-refractivity contribution in [2.45, 2.75) is 25.3 Å². The molecule has 1 fully saturated rings. The number of hydrogen-bond donors (Lipinski definition) is 0. The fourth-order valence-electron chi connectivity index (χ4n) is 2.57. The van der Waals surface area contributed by atoms with E-state index < -0.39 is 24.9 Å². The molecule has 132 valence electrons. The highest BCUT2D eigenvalue weighted by Crippen LogP contribution is 2.42. The summed E-state index contributed by atoms with van der Waals surface area (Å²) in [5, 5.41) is 15.1. The average molecular weight is 358 g/mol. The minimum Gasteiger partial charge on any atom is -0.342 e. The molecule has 1 aliphatic rings. The van der Waals surface area contributed by atoms with Crippen LogP contribution in [0.5, 0.6) is 0 Å². The largest absolute Gasteiger partial charge is 0.342 e. The van der Waals surface area contributed by atoms with Gasteiger partial charge in [-0.05, 0) is 6.92 Å². The normalized spacial score (nSPS) is 19.0. The van der Waals surface area contributed by atoms with Gasteiger partial charge in [-0.2, -0.15) is 17.6 Å². The number of halogens is 4. The second kappa shape index (κ2) is 5.07. The highest BCUT2D eigenvalue weighted by atomic mass is 19.3. The van der Waals surface area contributed by atoms with Crippen LogP contribution < -0.4 is 4.90 Å². The fraction of sp³-hybridized carbons (Fsp3) is 0.500. The highest BCUT2D eigenvalue weighted by Gasteiger charge is 2.63. The van der Waals surface area contributed by atoms with Gasteiger partial charge in [0.1, 0.15) is 17.7 Å². The lowest BCUT2D eigenvalue weighted by atomic mass is 10.2. The Balaban J connectivity index is 1.72. The zero-order valence-electron chi connectivity index (χ0n) is 12.7. The van der Waals surface area contributed by atoms with Crippen LogP contribution in [0.1, 0.15) is 11.4 Å². The van der Waals surface area contributed by atoms with Gasteiger partial charge in [0.2, 0.25) is 0 Å². The first kappa shape index (κ1) is 15.7. The lowest BCUT2D eigenvalue weighted by molar-refractivity contribution is -0.172. The molecule has 0 atom stereocenters. The Kier molecular flexibility index (Phi) is 3.17. The molecule has 0 N–H and O–H groups in total. The van der Waals surface area contributed by atoms with Gasteiger partial charge in [-0.25, -0.2) is 19.3 Å². The van der Waals surface area contributed by atoms with Crippen LogP contribution in [0.15, 0.2) is 11.0 Å². The summed E-state index contributed by atoms with van der Waals surface area (Å²) >= 11 is 0. The molecule has 0 spiro atoms. The van der Waals surface area contributed by atoms with Crippen molar-refractivity contribution in [3.63, 3.8) is 0 Å². The SMILES string of the molecule is Cc1nonc1Cn1nnc2c(N3CC(F)(F)C(F)(F)C3)ncnc21. The van der Waals surface area contributed by atoms with Gasteiger partial charge in [-0.15, -0.1) is 5.10 Å². The summed E-state index contributed by atoms with van der Waals surface area (Å²) in [6.45, 7) is -0.523. The minimum absolute atomic E-state index is 0.0464. The first-order chi connectivity index (χ1) is 11.8. The number of fused-ring (bicyclic) bond motifs is 1. The van der Waals surface area contributed by atoms with Crippen LogP contribution in [-0.4, -0.2) is 60.2 Å². The molecule has 0 saturated carbocycles. The van der Waals surface area contributed by atoms with E-state index in [4.69, 9.17) is 0 Å². The number of anilines is 1. The van der Waals surface area contributed by atoms with Crippen LogP contribution in [0.2, 0.25) is 0 Å². The molecule has 25 heavy (non-hydrogen) atoms. The molecule has 4 rings (SSSR count). The smallest absolute Gasteiger partial charge is 0.329 e. The summed E-state index contributed by atoms with van der Waals surface area (Å²) in [5.41, 5.74) is 1.26. The number of alkyl halides is 4. The van der Waals surface area contributed by atoms with E-state index in [2.05, 4.69) is 35.2 Å². The Morgan fingerprint density at radius 3 is 2.48 bits per heavy atom. The monoisotopic (exact) mass is 358 g/mol. The second-order valence-electron chi connectivity index (χ2n) is 5.68. The Bertz CT molecular complexity index is 922. The topological polar surface area (TPSA) is 98.6 Å². The molecule has 0 aliphatic carbocycles. The summed E-state index contributed by atoms with van der Waals surface area (Å²) in [4.78, 5) is 8.62. The van der Waals surface area contributed by atoms with Crippen LogP contribution in [0.3, 0.4) is 0 Å². The van der Waals surface area contributed by atoms with Gasteiger partial charge in [-0.3, -0.25) is 0 Å². The minimum atomic E-state index is -4.15. The molecule has 1 saturated heterocycles. The van der Waals surface area contributed by atoms with E-state index in [0.717, 1.165) is 11.2 Å². The lowest BCUT2D eigenvalue weighted by Gasteiger charge is -2.15. The molecule has 0 bridgehead atoms. The lowest BCUT2D eigenvalue weighted by Crippen LogP contribution is -2.38. The molecule has 3 aromatic rings. The summed E-state index contributed by atoms with van der Waals surface area (Å²) in [6.07, 6.45) is 1.08. The fourth-order valence-corrected chi connectivity index (χ4v) is 2.57. The molecule has 0 amide bonds. The third kappa shape index (κ3) is 2.37. The van der Waals surface area contributed by atoms with Gasteiger partial charge in [0.25, 0.3) is 0 Å². The summed E-state index contributed by atoms with van der Waals surface area (Å²) in [6, 6.07) is 0. The average Bonchev–Trinajstić information content (AvgIpc) is 3.18. The van der Waals surface area contributed by atoms with Crippen LogP contribution >= 0.6 is 0 Å². The predicted molar refractivity (Wildman–Crippen MR) is 73.4 cm³/mol. The highest BCUT2D eigenvalue weighted by molar-refractivity contribution is 5.82. The molecule has 0 unspecified atom stereocenters. The van der Waals surface area contributed by atoms with E-state index in [1.807, 2.05) is 0 Å². The Morgan fingerprint density at radius 1 is 1.12 bits per heavy atom. The summed E-state index contributed by atoms with van der Waals surface area (Å²) in [5.74, 6) is -8.42.